The topological polar surface area (TPSA) is 26.3 Å². The van der Waals surface area contributed by atoms with Crippen molar-refractivity contribution in [2.45, 2.75) is 129 Å². The smallest absolute Gasteiger partial charge is 0.200 e. The molecule has 0 saturated heterocycles. The summed E-state index contributed by atoms with van der Waals surface area (Å²) in [6.07, 6.45) is 12.1. The minimum atomic E-state index is -1.86. The van der Waals surface area contributed by atoms with Crippen LogP contribution in [0.2, 0.25) is 16.6 Å². The zero-order valence-corrected chi connectivity index (χ0v) is 22.6. The molecule has 2 nitrogen and oxygen atoms in total. The summed E-state index contributed by atoms with van der Waals surface area (Å²) in [4.78, 5) is 12.1. The van der Waals surface area contributed by atoms with Crippen LogP contribution in [0.3, 0.4) is 0 Å². The fraction of sp³-hybridized carbons (Fsp3) is 0.893. The number of hydrogen-bond donors (Lipinski definition) is 0. The van der Waals surface area contributed by atoms with Gasteiger partial charge in [-0.15, -0.1) is 0 Å². The molecule has 176 valence electrons. The summed E-state index contributed by atoms with van der Waals surface area (Å²) >= 11 is 0. The number of allylic oxidation sites excluding steroid dienone is 1. The van der Waals surface area contributed by atoms with Crippen LogP contribution in [0.15, 0.2) is 11.6 Å². The molecule has 4 aliphatic carbocycles. The molecule has 0 bridgehead atoms. The molecule has 31 heavy (non-hydrogen) atoms. The van der Waals surface area contributed by atoms with Crippen LogP contribution in [-0.2, 0) is 9.22 Å². The van der Waals surface area contributed by atoms with Gasteiger partial charge >= 0.3 is 0 Å². The van der Waals surface area contributed by atoms with Crippen LogP contribution in [0.1, 0.15) is 107 Å². The molecule has 0 radical (unpaired) electrons. The molecule has 0 heterocycles. The van der Waals surface area contributed by atoms with Crippen molar-refractivity contribution < 1.29 is 9.22 Å². The fourth-order valence-electron chi connectivity index (χ4n) is 9.36. The Morgan fingerprint density at radius 1 is 0.871 bits per heavy atom. The van der Waals surface area contributed by atoms with Crippen molar-refractivity contribution in [3.8, 4) is 0 Å². The van der Waals surface area contributed by atoms with Gasteiger partial charge in [-0.1, -0.05) is 61.0 Å². The van der Waals surface area contributed by atoms with Crippen LogP contribution in [0, 0.1) is 28.6 Å². The number of fused-ring (bicyclic) bond motifs is 5. The third kappa shape index (κ3) is 3.47. The third-order valence-corrected chi connectivity index (χ3v) is 17.0. The highest BCUT2D eigenvalue weighted by molar-refractivity contribution is 6.77. The van der Waals surface area contributed by atoms with Crippen LogP contribution in [-0.4, -0.2) is 20.2 Å². The standard InChI is InChI=1S/C28H48O2Si/c1-18(2)31(19(3)4,20(5)6)30-26-12-11-24-23-10-9-21-17-22(29)13-15-27(21,7)25(23)14-16-28(24,26)8/h17-20,23-26H,9-16H2,1-8H3/t23-,24-,25+,26?,27-,28-/m0/s1. The van der Waals surface area contributed by atoms with E-state index in [-0.39, 0.29) is 5.41 Å². The summed E-state index contributed by atoms with van der Waals surface area (Å²) < 4.78 is 7.46. The molecule has 4 aliphatic rings. The third-order valence-electron chi connectivity index (χ3n) is 10.9. The van der Waals surface area contributed by atoms with Gasteiger partial charge in [0.25, 0.3) is 0 Å². The van der Waals surface area contributed by atoms with E-state index in [0.29, 0.717) is 33.9 Å². The Balaban J connectivity index is 1.60. The van der Waals surface area contributed by atoms with E-state index in [1.165, 1.54) is 37.7 Å². The Morgan fingerprint density at radius 3 is 2.13 bits per heavy atom. The zero-order valence-electron chi connectivity index (χ0n) is 21.6. The Hall–Kier alpha value is -0.413. The average molecular weight is 445 g/mol. The maximum Gasteiger partial charge on any atom is 0.200 e. The summed E-state index contributed by atoms with van der Waals surface area (Å²) in [5.74, 6) is 2.79. The minimum Gasteiger partial charge on any atom is -0.413 e. The molecule has 0 aromatic rings. The Labute approximate surface area is 193 Å². The van der Waals surface area contributed by atoms with Crippen LogP contribution in [0.25, 0.3) is 0 Å². The highest BCUT2D eigenvalue weighted by Gasteiger charge is 2.61. The van der Waals surface area contributed by atoms with Gasteiger partial charge < -0.3 is 4.43 Å². The second kappa shape index (κ2) is 8.11. The Bertz CT molecular complexity index is 716. The van der Waals surface area contributed by atoms with Crippen LogP contribution >= 0.6 is 0 Å². The molecule has 0 N–H and O–H groups in total. The highest BCUT2D eigenvalue weighted by atomic mass is 28.4. The van der Waals surface area contributed by atoms with Gasteiger partial charge in [0, 0.05) is 6.42 Å². The number of carbonyl (C=O) groups excluding carboxylic acids is 1. The lowest BCUT2D eigenvalue weighted by Gasteiger charge is -2.58. The Kier molecular flexibility index (Phi) is 6.21. The van der Waals surface area contributed by atoms with E-state index < -0.39 is 8.32 Å². The number of rotatable bonds is 5. The molecule has 0 aromatic heterocycles. The molecular weight excluding hydrogens is 396 g/mol. The second-order valence-electron chi connectivity index (χ2n) is 13.0. The second-order valence-corrected chi connectivity index (χ2v) is 18.4. The van der Waals surface area contributed by atoms with Gasteiger partial charge in [0.2, 0.25) is 8.32 Å². The van der Waals surface area contributed by atoms with Gasteiger partial charge in [-0.25, -0.2) is 0 Å². The molecule has 3 fully saturated rings. The normalized spacial score (nSPS) is 40.7. The summed E-state index contributed by atoms with van der Waals surface area (Å²) in [6, 6.07) is 0. The van der Waals surface area contributed by atoms with Gasteiger partial charge in [-0.05, 0) is 96.2 Å². The fourth-order valence-corrected chi connectivity index (χ4v) is 15.1. The van der Waals surface area contributed by atoms with E-state index in [0.717, 1.165) is 37.0 Å². The first-order chi connectivity index (χ1) is 14.5. The van der Waals surface area contributed by atoms with Crippen molar-refractivity contribution in [3.63, 3.8) is 0 Å². The van der Waals surface area contributed by atoms with Crippen molar-refractivity contribution in [2.75, 3.05) is 0 Å². The first-order valence-electron chi connectivity index (χ1n) is 13.4. The number of carbonyl (C=O) groups is 1. The van der Waals surface area contributed by atoms with Crippen LogP contribution < -0.4 is 0 Å². The lowest BCUT2D eigenvalue weighted by atomic mass is 9.47. The van der Waals surface area contributed by atoms with E-state index >= 15 is 0 Å². The van der Waals surface area contributed by atoms with Crippen LogP contribution in [0.4, 0.5) is 0 Å². The van der Waals surface area contributed by atoms with Gasteiger partial charge in [-0.3, -0.25) is 4.79 Å². The average Bonchev–Trinajstić information content (AvgIpc) is 3.01. The van der Waals surface area contributed by atoms with Crippen molar-refractivity contribution in [1.82, 2.24) is 0 Å². The van der Waals surface area contributed by atoms with Gasteiger partial charge in [0.05, 0.1) is 6.10 Å². The summed E-state index contributed by atoms with van der Waals surface area (Å²) in [5.41, 5.74) is 4.10. The van der Waals surface area contributed by atoms with E-state index in [1.807, 2.05) is 6.08 Å². The van der Waals surface area contributed by atoms with Crippen molar-refractivity contribution >= 4 is 14.1 Å². The predicted octanol–water partition coefficient (Wildman–Crippen LogP) is 8.08. The summed E-state index contributed by atoms with van der Waals surface area (Å²) in [6.45, 7) is 19.7. The Morgan fingerprint density at radius 2 is 1.52 bits per heavy atom. The number of ketones is 1. The zero-order chi connectivity index (χ0) is 22.8. The maximum atomic E-state index is 12.1. The lowest BCUT2D eigenvalue weighted by Crippen LogP contribution is -2.55. The van der Waals surface area contributed by atoms with Crippen molar-refractivity contribution in [3.05, 3.63) is 11.6 Å². The molecule has 0 amide bonds. The number of hydrogen-bond acceptors (Lipinski definition) is 2. The van der Waals surface area contributed by atoms with E-state index in [4.69, 9.17) is 4.43 Å². The molecule has 1 unspecified atom stereocenters. The van der Waals surface area contributed by atoms with Crippen molar-refractivity contribution in [2.24, 2.45) is 28.6 Å². The van der Waals surface area contributed by atoms with Gasteiger partial charge in [0.1, 0.15) is 0 Å². The summed E-state index contributed by atoms with van der Waals surface area (Å²) in [7, 11) is -1.86. The van der Waals surface area contributed by atoms with Gasteiger partial charge in [-0.2, -0.15) is 0 Å². The van der Waals surface area contributed by atoms with E-state index in [9.17, 15) is 4.79 Å². The minimum absolute atomic E-state index is 0.281. The quantitative estimate of drug-likeness (QED) is 0.401. The maximum absolute atomic E-state index is 12.1. The molecule has 0 aromatic carbocycles. The predicted molar refractivity (Wildman–Crippen MR) is 133 cm³/mol. The first kappa shape index (κ1) is 23.7. The van der Waals surface area contributed by atoms with E-state index in [1.54, 1.807) is 0 Å². The molecule has 0 spiro atoms. The first-order valence-corrected chi connectivity index (χ1v) is 15.5. The lowest BCUT2D eigenvalue weighted by molar-refractivity contribution is -0.117. The molecule has 0 aliphatic heterocycles. The molecular formula is C28H48O2Si. The molecule has 4 rings (SSSR count). The molecule has 6 atom stereocenters. The SMILES string of the molecule is CC(C)[Si](OC1CC[C@H]2[C@@H]3CCC4=CC(=O)CC[C@]4(C)[C@@H]3CC[C@]12C)(C(C)C)C(C)C. The van der Waals surface area contributed by atoms with Crippen LogP contribution in [0.5, 0.6) is 0 Å². The highest BCUT2D eigenvalue weighted by Crippen LogP contribution is 2.66. The monoisotopic (exact) mass is 444 g/mol. The summed E-state index contributed by atoms with van der Waals surface area (Å²) in [5, 5.41) is 0. The molecule has 3 heteroatoms. The largest absolute Gasteiger partial charge is 0.413 e. The van der Waals surface area contributed by atoms with Gasteiger partial charge in [0.15, 0.2) is 5.78 Å². The van der Waals surface area contributed by atoms with Crippen molar-refractivity contribution in [1.29, 1.82) is 0 Å². The molecule has 3 saturated carbocycles. The van der Waals surface area contributed by atoms with E-state index in [2.05, 4.69) is 55.4 Å².